The summed E-state index contributed by atoms with van der Waals surface area (Å²) in [4.78, 5) is 30.1. The molecule has 0 unspecified atom stereocenters. The minimum Gasteiger partial charge on any atom is -0.467 e. The van der Waals surface area contributed by atoms with E-state index in [4.69, 9.17) is 4.42 Å². The van der Waals surface area contributed by atoms with Crippen LogP contribution in [0.25, 0.3) is 0 Å². The molecule has 0 aliphatic rings. The maximum absolute atomic E-state index is 13.4. The van der Waals surface area contributed by atoms with Crippen LogP contribution in [0.1, 0.15) is 47.6 Å². The summed E-state index contributed by atoms with van der Waals surface area (Å²) in [6.07, 6.45) is 4.32. The van der Waals surface area contributed by atoms with Gasteiger partial charge in [-0.2, -0.15) is 0 Å². The predicted octanol–water partition coefficient (Wildman–Crippen LogP) is 4.40. The largest absolute Gasteiger partial charge is 0.467 e. The number of furan rings is 1. The molecule has 0 fully saturated rings. The van der Waals surface area contributed by atoms with Crippen molar-refractivity contribution in [1.82, 2.24) is 14.4 Å². The Morgan fingerprint density at radius 3 is 2.39 bits per heavy atom. The molecule has 2 heterocycles. The lowest BCUT2D eigenvalue weighted by atomic mass is 10.1. The van der Waals surface area contributed by atoms with Gasteiger partial charge in [0.15, 0.2) is 0 Å². The van der Waals surface area contributed by atoms with Crippen molar-refractivity contribution in [3.63, 3.8) is 0 Å². The highest BCUT2D eigenvalue weighted by atomic mass is 16.3. The Labute approximate surface area is 184 Å². The summed E-state index contributed by atoms with van der Waals surface area (Å²) in [5.74, 6) is 0.473. The second-order valence-corrected chi connectivity index (χ2v) is 8.00. The molecule has 2 aromatic heterocycles. The van der Waals surface area contributed by atoms with Crippen molar-refractivity contribution < 1.29 is 14.0 Å². The lowest BCUT2D eigenvalue weighted by Gasteiger charge is -2.31. The molecule has 2 amide bonds. The van der Waals surface area contributed by atoms with Crippen LogP contribution in [-0.2, 0) is 24.9 Å². The highest BCUT2D eigenvalue weighted by Gasteiger charge is 2.26. The molecule has 6 heteroatoms. The molecule has 3 aromatic rings. The Morgan fingerprint density at radius 2 is 1.81 bits per heavy atom. The van der Waals surface area contributed by atoms with E-state index in [1.54, 1.807) is 16.1 Å². The second kappa shape index (κ2) is 10.2. The van der Waals surface area contributed by atoms with Crippen molar-refractivity contribution in [2.24, 2.45) is 7.05 Å². The van der Waals surface area contributed by atoms with Crippen molar-refractivity contribution in [2.75, 3.05) is 6.54 Å². The molecule has 0 aliphatic carbocycles. The quantitative estimate of drug-likeness (QED) is 0.515. The first kappa shape index (κ1) is 22.4. The maximum atomic E-state index is 13.4. The Balaban J connectivity index is 1.82. The van der Waals surface area contributed by atoms with Gasteiger partial charge in [-0.3, -0.25) is 9.59 Å². The number of carbonyl (C=O) groups excluding carboxylic acids is 2. The first-order valence-corrected chi connectivity index (χ1v) is 10.7. The molecular weight excluding hydrogens is 390 g/mol. The van der Waals surface area contributed by atoms with Gasteiger partial charge in [-0.1, -0.05) is 24.6 Å². The number of aromatic nitrogens is 1. The van der Waals surface area contributed by atoms with Crippen molar-refractivity contribution in [3.8, 4) is 0 Å². The van der Waals surface area contributed by atoms with Crippen LogP contribution in [-0.4, -0.2) is 38.8 Å². The van der Waals surface area contributed by atoms with E-state index >= 15 is 0 Å². The lowest BCUT2D eigenvalue weighted by Crippen LogP contribution is -2.46. The fourth-order valence-corrected chi connectivity index (χ4v) is 3.44. The SMILES string of the molecule is CC[C@@H](C)N(CC(=O)N(Cc1ccco1)Cc1cccn1C)C(=O)c1ccc(C)cc1. The second-order valence-electron chi connectivity index (χ2n) is 8.00. The van der Waals surface area contributed by atoms with Crippen molar-refractivity contribution in [2.45, 2.75) is 46.3 Å². The van der Waals surface area contributed by atoms with Crippen molar-refractivity contribution >= 4 is 11.8 Å². The topological polar surface area (TPSA) is 58.7 Å². The molecule has 1 aromatic carbocycles. The van der Waals surface area contributed by atoms with Crippen molar-refractivity contribution in [1.29, 1.82) is 0 Å². The van der Waals surface area contributed by atoms with E-state index in [2.05, 4.69) is 0 Å². The Morgan fingerprint density at radius 1 is 1.06 bits per heavy atom. The van der Waals surface area contributed by atoms with Crippen LogP contribution in [0.2, 0.25) is 0 Å². The van der Waals surface area contributed by atoms with Crippen LogP contribution in [0.15, 0.2) is 65.4 Å². The molecule has 0 spiro atoms. The van der Waals surface area contributed by atoms with Crippen LogP contribution in [0.5, 0.6) is 0 Å². The summed E-state index contributed by atoms with van der Waals surface area (Å²) in [7, 11) is 1.96. The van der Waals surface area contributed by atoms with Gasteiger partial charge >= 0.3 is 0 Å². The minimum atomic E-state index is -0.125. The average Bonchev–Trinajstić information content (AvgIpc) is 3.42. The number of rotatable bonds is 9. The molecule has 0 saturated carbocycles. The molecule has 0 bridgehead atoms. The number of amides is 2. The molecule has 3 rings (SSSR count). The molecule has 1 atom stereocenters. The highest BCUT2D eigenvalue weighted by Crippen LogP contribution is 2.16. The van der Waals surface area contributed by atoms with Crippen LogP contribution in [0.4, 0.5) is 0 Å². The minimum absolute atomic E-state index is 0.0207. The Hall–Kier alpha value is -3.28. The zero-order valence-corrected chi connectivity index (χ0v) is 18.7. The van der Waals surface area contributed by atoms with E-state index < -0.39 is 0 Å². The van der Waals surface area contributed by atoms with Crippen LogP contribution >= 0.6 is 0 Å². The molecule has 0 radical (unpaired) electrons. The summed E-state index contributed by atoms with van der Waals surface area (Å²) < 4.78 is 7.48. The summed E-state index contributed by atoms with van der Waals surface area (Å²) in [6, 6.07) is 15.0. The monoisotopic (exact) mass is 421 g/mol. The van der Waals surface area contributed by atoms with Crippen LogP contribution in [0.3, 0.4) is 0 Å². The number of aryl methyl sites for hydroxylation is 2. The number of hydrogen-bond donors (Lipinski definition) is 0. The van der Waals surface area contributed by atoms with E-state index in [9.17, 15) is 9.59 Å². The fourth-order valence-electron chi connectivity index (χ4n) is 3.44. The average molecular weight is 422 g/mol. The normalized spacial score (nSPS) is 11.9. The van der Waals surface area contributed by atoms with Crippen LogP contribution in [0, 0.1) is 6.92 Å². The zero-order chi connectivity index (χ0) is 22.4. The number of hydrogen-bond acceptors (Lipinski definition) is 3. The zero-order valence-electron chi connectivity index (χ0n) is 18.7. The highest BCUT2D eigenvalue weighted by molar-refractivity contribution is 5.96. The first-order chi connectivity index (χ1) is 14.9. The van der Waals surface area contributed by atoms with Crippen molar-refractivity contribution in [3.05, 3.63) is 83.6 Å². The van der Waals surface area contributed by atoms with Gasteiger partial charge in [0.2, 0.25) is 5.91 Å². The molecule has 6 nitrogen and oxygen atoms in total. The molecule has 0 saturated heterocycles. The molecule has 0 N–H and O–H groups in total. The van der Waals surface area contributed by atoms with E-state index in [0.717, 1.165) is 17.7 Å². The van der Waals surface area contributed by atoms with Crippen LogP contribution < -0.4 is 0 Å². The Kier molecular flexibility index (Phi) is 7.34. The molecule has 164 valence electrons. The van der Waals surface area contributed by atoms with E-state index in [-0.39, 0.29) is 24.4 Å². The van der Waals surface area contributed by atoms with Gasteiger partial charge in [-0.05, 0) is 56.7 Å². The van der Waals surface area contributed by atoms with Gasteiger partial charge in [0.1, 0.15) is 12.3 Å². The third-order valence-corrected chi connectivity index (χ3v) is 5.67. The number of carbonyl (C=O) groups is 2. The molecule has 0 aliphatic heterocycles. The fraction of sp³-hybridized carbons (Fsp3) is 0.360. The summed E-state index contributed by atoms with van der Waals surface area (Å²) >= 11 is 0. The lowest BCUT2D eigenvalue weighted by molar-refractivity contribution is -0.134. The van der Waals surface area contributed by atoms with Gasteiger partial charge in [0, 0.05) is 30.5 Å². The summed E-state index contributed by atoms with van der Waals surface area (Å²) in [5, 5.41) is 0. The van der Waals surface area contributed by atoms with Gasteiger partial charge in [-0.25, -0.2) is 0 Å². The van der Waals surface area contributed by atoms with Gasteiger partial charge in [0.05, 0.1) is 19.4 Å². The van der Waals surface area contributed by atoms with E-state index in [1.807, 2.05) is 87.1 Å². The van der Waals surface area contributed by atoms with E-state index in [1.165, 1.54) is 0 Å². The number of nitrogens with zero attached hydrogens (tertiary/aromatic N) is 3. The first-order valence-electron chi connectivity index (χ1n) is 10.7. The third kappa shape index (κ3) is 5.66. The Bertz CT molecular complexity index is 989. The van der Waals surface area contributed by atoms with E-state index in [0.29, 0.717) is 24.4 Å². The van der Waals surface area contributed by atoms with Gasteiger partial charge in [0.25, 0.3) is 5.91 Å². The third-order valence-electron chi connectivity index (χ3n) is 5.67. The summed E-state index contributed by atoms with van der Waals surface area (Å²) in [5.41, 5.74) is 2.70. The summed E-state index contributed by atoms with van der Waals surface area (Å²) in [6.45, 7) is 6.80. The smallest absolute Gasteiger partial charge is 0.254 e. The van der Waals surface area contributed by atoms with Gasteiger partial charge < -0.3 is 18.8 Å². The molecular formula is C25H31N3O3. The maximum Gasteiger partial charge on any atom is 0.254 e. The standard InChI is InChI=1S/C25H31N3O3/c1-5-20(3)28(25(30)21-12-10-19(2)11-13-21)18-24(29)27(17-23-9-7-15-31-23)16-22-8-6-14-26(22)4/h6-15,20H,5,16-18H2,1-4H3/t20-/m1/s1. The van der Waals surface area contributed by atoms with Gasteiger partial charge in [-0.15, -0.1) is 0 Å². The number of benzene rings is 1. The predicted molar refractivity (Wildman–Crippen MR) is 120 cm³/mol. The molecule has 31 heavy (non-hydrogen) atoms.